The van der Waals surface area contributed by atoms with Crippen LogP contribution in [-0.4, -0.2) is 30.1 Å². The first-order valence-electron chi connectivity index (χ1n) is 7.30. The Bertz CT molecular complexity index is 741. The van der Waals surface area contributed by atoms with E-state index in [2.05, 4.69) is 20.9 Å². The van der Waals surface area contributed by atoms with E-state index in [1.807, 2.05) is 6.07 Å². The summed E-state index contributed by atoms with van der Waals surface area (Å²) in [6, 6.07) is 3.56. The first-order valence-corrected chi connectivity index (χ1v) is 8.47. The molecule has 7 heteroatoms. The smallest absolute Gasteiger partial charge is 0.355 e. The molecule has 2 rings (SSSR count). The Balaban J connectivity index is 2.45. The summed E-state index contributed by atoms with van der Waals surface area (Å²) in [6.07, 6.45) is 0.564. The van der Waals surface area contributed by atoms with Gasteiger partial charge in [0.15, 0.2) is 0 Å². The number of hydrogen-bond donors (Lipinski definition) is 1. The Labute approximate surface area is 147 Å². The van der Waals surface area contributed by atoms with E-state index in [1.165, 1.54) is 0 Å². The normalized spacial score (nSPS) is 10.8. The molecule has 0 bridgehead atoms. The molecule has 0 amide bonds. The van der Waals surface area contributed by atoms with Crippen LogP contribution < -0.4 is 0 Å². The van der Waals surface area contributed by atoms with Gasteiger partial charge in [-0.25, -0.2) is 4.79 Å². The summed E-state index contributed by atoms with van der Waals surface area (Å²) in [5.41, 5.74) is 1.78. The van der Waals surface area contributed by atoms with Crippen LogP contribution in [0.25, 0.3) is 10.9 Å². The maximum absolute atomic E-state index is 12.2. The lowest BCUT2D eigenvalue weighted by molar-refractivity contribution is -0.143. The van der Waals surface area contributed by atoms with E-state index in [0.717, 1.165) is 10.9 Å². The third-order valence-electron chi connectivity index (χ3n) is 3.34. The molecule has 124 valence electrons. The molecular formula is C16H17BrClNO4. The lowest BCUT2D eigenvalue weighted by Crippen LogP contribution is -2.10. The molecule has 23 heavy (non-hydrogen) atoms. The Kier molecular flexibility index (Phi) is 6.07. The van der Waals surface area contributed by atoms with Gasteiger partial charge in [0.05, 0.1) is 28.2 Å². The Morgan fingerprint density at radius 3 is 2.57 bits per heavy atom. The zero-order chi connectivity index (χ0) is 17.0. The van der Waals surface area contributed by atoms with Gasteiger partial charge in [-0.15, -0.1) is 0 Å². The number of aromatic amines is 1. The van der Waals surface area contributed by atoms with E-state index < -0.39 is 5.97 Å². The largest absolute Gasteiger partial charge is 0.466 e. The van der Waals surface area contributed by atoms with Crippen molar-refractivity contribution in [1.82, 2.24) is 4.98 Å². The fraction of sp³-hybridized carbons (Fsp3) is 0.375. The molecule has 0 fully saturated rings. The van der Waals surface area contributed by atoms with Gasteiger partial charge in [0.2, 0.25) is 0 Å². The van der Waals surface area contributed by atoms with Gasteiger partial charge in [-0.3, -0.25) is 4.79 Å². The second kappa shape index (κ2) is 7.84. The molecule has 0 saturated carbocycles. The minimum atomic E-state index is -0.453. The first kappa shape index (κ1) is 17.8. The summed E-state index contributed by atoms with van der Waals surface area (Å²) in [6.45, 7) is 4.10. The molecule has 2 aromatic rings. The van der Waals surface area contributed by atoms with Crippen molar-refractivity contribution in [2.45, 2.75) is 26.7 Å². The Morgan fingerprint density at radius 2 is 1.91 bits per heavy atom. The average molecular weight is 403 g/mol. The monoisotopic (exact) mass is 401 g/mol. The first-order chi connectivity index (χ1) is 11.0. The molecule has 1 aromatic heterocycles. The summed E-state index contributed by atoms with van der Waals surface area (Å²) in [5.74, 6) is -0.754. The molecule has 1 aromatic carbocycles. The number of ether oxygens (including phenoxy) is 2. The topological polar surface area (TPSA) is 68.4 Å². The van der Waals surface area contributed by atoms with Crippen LogP contribution in [-0.2, 0) is 20.7 Å². The molecule has 0 spiro atoms. The van der Waals surface area contributed by atoms with Crippen molar-refractivity contribution in [3.05, 3.63) is 32.9 Å². The van der Waals surface area contributed by atoms with Gasteiger partial charge in [0.1, 0.15) is 5.69 Å². The van der Waals surface area contributed by atoms with Crippen molar-refractivity contribution in [1.29, 1.82) is 0 Å². The summed E-state index contributed by atoms with van der Waals surface area (Å²) in [7, 11) is 0. The van der Waals surface area contributed by atoms with Crippen LogP contribution in [0, 0.1) is 0 Å². The van der Waals surface area contributed by atoms with E-state index in [1.54, 1.807) is 19.9 Å². The van der Waals surface area contributed by atoms with E-state index in [0.29, 0.717) is 33.7 Å². The molecule has 0 atom stereocenters. The molecule has 1 N–H and O–H groups in total. The van der Waals surface area contributed by atoms with Crippen molar-refractivity contribution in [2.24, 2.45) is 0 Å². The van der Waals surface area contributed by atoms with Crippen LogP contribution >= 0.6 is 27.5 Å². The molecular weight excluding hydrogens is 386 g/mol. The number of H-pyrrole nitrogens is 1. The number of carbonyl (C=O) groups excluding carboxylic acids is 2. The van der Waals surface area contributed by atoms with E-state index >= 15 is 0 Å². The maximum Gasteiger partial charge on any atom is 0.355 e. The quantitative estimate of drug-likeness (QED) is 0.733. The predicted molar refractivity (Wildman–Crippen MR) is 91.9 cm³/mol. The highest BCUT2D eigenvalue weighted by Gasteiger charge is 2.21. The highest BCUT2D eigenvalue weighted by molar-refractivity contribution is 9.10. The Morgan fingerprint density at radius 1 is 1.22 bits per heavy atom. The van der Waals surface area contributed by atoms with Crippen molar-refractivity contribution < 1.29 is 19.1 Å². The number of esters is 2. The highest BCUT2D eigenvalue weighted by atomic mass is 79.9. The van der Waals surface area contributed by atoms with Crippen molar-refractivity contribution in [3.8, 4) is 0 Å². The highest BCUT2D eigenvalue weighted by Crippen LogP contribution is 2.34. The number of fused-ring (bicyclic) bond motifs is 1. The number of aromatic nitrogens is 1. The van der Waals surface area contributed by atoms with Crippen molar-refractivity contribution >= 4 is 50.4 Å². The number of aryl methyl sites for hydroxylation is 1. The second-order valence-electron chi connectivity index (χ2n) is 4.79. The molecule has 0 unspecified atom stereocenters. The van der Waals surface area contributed by atoms with Crippen LogP contribution in [0.2, 0.25) is 5.02 Å². The van der Waals surface area contributed by atoms with Gasteiger partial charge in [-0.2, -0.15) is 0 Å². The maximum atomic E-state index is 12.2. The summed E-state index contributed by atoms with van der Waals surface area (Å²) < 4.78 is 10.7. The molecule has 0 aliphatic heterocycles. The van der Waals surface area contributed by atoms with E-state index in [9.17, 15) is 9.59 Å². The lowest BCUT2D eigenvalue weighted by Gasteiger charge is -2.05. The standard InChI is InChI=1S/C16H17BrClNO4/c1-3-22-12(20)8-6-10-9-5-7-11(18)13(17)14(9)19-15(10)16(21)23-4-2/h5,7,19H,3-4,6,8H2,1-2H3. The van der Waals surface area contributed by atoms with Crippen molar-refractivity contribution in [3.63, 3.8) is 0 Å². The van der Waals surface area contributed by atoms with Gasteiger partial charge >= 0.3 is 11.9 Å². The minimum Gasteiger partial charge on any atom is -0.466 e. The number of nitrogens with one attached hydrogen (secondary N) is 1. The van der Waals surface area contributed by atoms with Crippen molar-refractivity contribution in [2.75, 3.05) is 13.2 Å². The van der Waals surface area contributed by atoms with Gasteiger partial charge in [0.25, 0.3) is 0 Å². The molecule has 0 radical (unpaired) electrons. The number of hydrogen-bond acceptors (Lipinski definition) is 4. The fourth-order valence-corrected chi connectivity index (χ4v) is 2.96. The van der Waals surface area contributed by atoms with Crippen LogP contribution in [0.15, 0.2) is 16.6 Å². The van der Waals surface area contributed by atoms with Gasteiger partial charge < -0.3 is 14.5 Å². The number of halogens is 2. The fourth-order valence-electron chi connectivity index (χ4n) is 2.36. The van der Waals surface area contributed by atoms with Gasteiger partial charge in [0, 0.05) is 11.8 Å². The van der Waals surface area contributed by atoms with Crippen LogP contribution in [0.4, 0.5) is 0 Å². The lowest BCUT2D eigenvalue weighted by atomic mass is 10.1. The molecule has 0 aliphatic rings. The third-order valence-corrected chi connectivity index (χ3v) is 4.70. The van der Waals surface area contributed by atoms with E-state index in [4.69, 9.17) is 21.1 Å². The van der Waals surface area contributed by atoms with Crippen LogP contribution in [0.5, 0.6) is 0 Å². The SMILES string of the molecule is CCOC(=O)CCc1c(C(=O)OCC)[nH]c2c(Br)c(Cl)ccc12. The van der Waals surface area contributed by atoms with Gasteiger partial charge in [-0.1, -0.05) is 17.7 Å². The number of benzene rings is 1. The van der Waals surface area contributed by atoms with Crippen LogP contribution in [0.3, 0.4) is 0 Å². The van der Waals surface area contributed by atoms with Crippen LogP contribution in [0.1, 0.15) is 36.3 Å². The predicted octanol–water partition coefficient (Wildman–Crippen LogP) is 4.26. The number of carbonyl (C=O) groups is 2. The zero-order valence-electron chi connectivity index (χ0n) is 12.9. The zero-order valence-corrected chi connectivity index (χ0v) is 15.2. The van der Waals surface area contributed by atoms with E-state index in [-0.39, 0.29) is 19.0 Å². The van der Waals surface area contributed by atoms with Gasteiger partial charge in [-0.05, 0) is 47.8 Å². The third kappa shape index (κ3) is 3.87. The number of rotatable bonds is 6. The molecule has 5 nitrogen and oxygen atoms in total. The second-order valence-corrected chi connectivity index (χ2v) is 5.99. The molecule has 0 saturated heterocycles. The molecule has 1 heterocycles. The summed E-state index contributed by atoms with van der Waals surface area (Å²) >= 11 is 9.52. The minimum absolute atomic E-state index is 0.188. The molecule has 0 aliphatic carbocycles. The summed E-state index contributed by atoms with van der Waals surface area (Å²) in [4.78, 5) is 26.9. The average Bonchev–Trinajstić information content (AvgIpc) is 2.89. The summed E-state index contributed by atoms with van der Waals surface area (Å²) in [5, 5.41) is 1.36. The Hall–Kier alpha value is -1.53.